The third kappa shape index (κ3) is 2.96. The largest absolute Gasteiger partial charge is 0.441 e. The van der Waals surface area contributed by atoms with Gasteiger partial charge in [-0.15, -0.1) is 0 Å². The van der Waals surface area contributed by atoms with Crippen LogP contribution in [0.2, 0.25) is 0 Å². The van der Waals surface area contributed by atoms with Crippen LogP contribution in [0.4, 0.5) is 4.39 Å². The van der Waals surface area contributed by atoms with E-state index in [0.29, 0.717) is 5.58 Å². The maximum atomic E-state index is 13.1. The SMILES string of the molecule is CCCCc1nc2ccc(/C=C(/F)CN)cc2o1. The number of aryl methyl sites for hydroxylation is 1. The van der Waals surface area contributed by atoms with Gasteiger partial charge in [0, 0.05) is 13.0 Å². The predicted octanol–water partition coefficient (Wildman–Crippen LogP) is 3.44. The van der Waals surface area contributed by atoms with Crippen molar-refractivity contribution in [3.8, 4) is 0 Å². The fourth-order valence-corrected chi connectivity index (χ4v) is 1.75. The maximum absolute atomic E-state index is 13.1. The van der Waals surface area contributed by atoms with E-state index in [1.807, 2.05) is 12.1 Å². The topological polar surface area (TPSA) is 52.0 Å². The summed E-state index contributed by atoms with van der Waals surface area (Å²) in [5, 5.41) is 0. The zero-order chi connectivity index (χ0) is 13.0. The van der Waals surface area contributed by atoms with Gasteiger partial charge in [-0.2, -0.15) is 0 Å². The molecule has 3 nitrogen and oxygen atoms in total. The van der Waals surface area contributed by atoms with E-state index in [9.17, 15) is 4.39 Å². The molecule has 0 unspecified atom stereocenters. The lowest BCUT2D eigenvalue weighted by Crippen LogP contribution is -1.98. The lowest BCUT2D eigenvalue weighted by atomic mass is 10.2. The fraction of sp³-hybridized carbons (Fsp3) is 0.357. The molecule has 0 aliphatic rings. The summed E-state index contributed by atoms with van der Waals surface area (Å²) in [6.07, 6.45) is 4.41. The zero-order valence-corrected chi connectivity index (χ0v) is 10.4. The van der Waals surface area contributed by atoms with E-state index in [0.717, 1.165) is 36.2 Å². The van der Waals surface area contributed by atoms with Gasteiger partial charge in [-0.1, -0.05) is 19.4 Å². The fourth-order valence-electron chi connectivity index (χ4n) is 1.75. The highest BCUT2D eigenvalue weighted by Gasteiger charge is 2.05. The lowest BCUT2D eigenvalue weighted by Gasteiger charge is -1.94. The molecular weight excluding hydrogens is 231 g/mol. The minimum Gasteiger partial charge on any atom is -0.441 e. The number of oxazole rings is 1. The average Bonchev–Trinajstić information content (AvgIpc) is 2.78. The second-order valence-electron chi connectivity index (χ2n) is 4.23. The normalized spacial score (nSPS) is 12.3. The zero-order valence-electron chi connectivity index (χ0n) is 10.4. The van der Waals surface area contributed by atoms with Gasteiger partial charge in [-0.3, -0.25) is 0 Å². The van der Waals surface area contributed by atoms with Crippen molar-refractivity contribution >= 4 is 17.2 Å². The summed E-state index contributed by atoms with van der Waals surface area (Å²) in [4.78, 5) is 4.38. The molecule has 1 heterocycles. The molecule has 2 rings (SSSR count). The summed E-state index contributed by atoms with van der Waals surface area (Å²) < 4.78 is 18.7. The van der Waals surface area contributed by atoms with Gasteiger partial charge in [0.15, 0.2) is 11.5 Å². The predicted molar refractivity (Wildman–Crippen MR) is 70.8 cm³/mol. The second-order valence-corrected chi connectivity index (χ2v) is 4.23. The number of aromatic nitrogens is 1. The Morgan fingerprint density at radius 3 is 3.06 bits per heavy atom. The molecule has 4 heteroatoms. The van der Waals surface area contributed by atoms with Gasteiger partial charge >= 0.3 is 0 Å². The molecule has 0 fully saturated rings. The number of hydrogen-bond acceptors (Lipinski definition) is 3. The van der Waals surface area contributed by atoms with Crippen LogP contribution in [-0.4, -0.2) is 11.5 Å². The Hall–Kier alpha value is -1.68. The van der Waals surface area contributed by atoms with E-state index in [2.05, 4.69) is 11.9 Å². The van der Waals surface area contributed by atoms with Crippen LogP contribution in [0.25, 0.3) is 17.2 Å². The number of benzene rings is 1. The molecule has 0 aliphatic heterocycles. The molecule has 0 aliphatic carbocycles. The number of rotatable bonds is 5. The van der Waals surface area contributed by atoms with Crippen molar-refractivity contribution in [2.24, 2.45) is 5.73 Å². The van der Waals surface area contributed by atoms with Gasteiger partial charge in [-0.05, 0) is 30.2 Å². The molecule has 0 spiro atoms. The maximum Gasteiger partial charge on any atom is 0.195 e. The third-order valence-electron chi connectivity index (χ3n) is 2.72. The van der Waals surface area contributed by atoms with E-state index >= 15 is 0 Å². The van der Waals surface area contributed by atoms with Gasteiger partial charge in [0.2, 0.25) is 0 Å². The first-order valence-corrected chi connectivity index (χ1v) is 6.18. The van der Waals surface area contributed by atoms with Crippen LogP contribution in [0.3, 0.4) is 0 Å². The molecular formula is C14H17FN2O. The van der Waals surface area contributed by atoms with E-state index < -0.39 is 0 Å². The van der Waals surface area contributed by atoms with Crippen LogP contribution < -0.4 is 5.73 Å². The van der Waals surface area contributed by atoms with Crippen molar-refractivity contribution in [2.75, 3.05) is 6.54 Å². The van der Waals surface area contributed by atoms with Gasteiger partial charge in [0.25, 0.3) is 0 Å². The molecule has 1 aromatic heterocycles. The minimum absolute atomic E-state index is 0.0871. The van der Waals surface area contributed by atoms with Crippen molar-refractivity contribution in [1.82, 2.24) is 4.98 Å². The Bertz CT molecular complexity index is 560. The van der Waals surface area contributed by atoms with Crippen molar-refractivity contribution < 1.29 is 8.81 Å². The highest BCUT2D eigenvalue weighted by Crippen LogP contribution is 2.20. The van der Waals surface area contributed by atoms with E-state index in [1.54, 1.807) is 6.07 Å². The molecule has 18 heavy (non-hydrogen) atoms. The summed E-state index contributed by atoms with van der Waals surface area (Å²) >= 11 is 0. The molecule has 2 N–H and O–H groups in total. The first kappa shape index (κ1) is 12.8. The molecule has 0 atom stereocenters. The first-order valence-electron chi connectivity index (χ1n) is 6.18. The van der Waals surface area contributed by atoms with Crippen molar-refractivity contribution in [1.29, 1.82) is 0 Å². The van der Waals surface area contributed by atoms with Crippen LogP contribution in [0, 0.1) is 0 Å². The quantitative estimate of drug-likeness (QED) is 0.881. The standard InChI is InChI=1S/C14H17FN2O/c1-2-3-4-14-17-12-6-5-10(7-11(15)9-16)8-13(12)18-14/h5-8H,2-4,9,16H2,1H3/b11-7+. The first-order chi connectivity index (χ1) is 8.72. The van der Waals surface area contributed by atoms with Crippen molar-refractivity contribution in [3.63, 3.8) is 0 Å². The number of unbranched alkanes of at least 4 members (excludes halogenated alkanes) is 1. The molecule has 1 aromatic carbocycles. The minimum atomic E-state index is -0.347. The Morgan fingerprint density at radius 2 is 2.33 bits per heavy atom. The van der Waals surface area contributed by atoms with Crippen molar-refractivity contribution in [3.05, 3.63) is 35.5 Å². The average molecular weight is 248 g/mol. The van der Waals surface area contributed by atoms with E-state index in [4.69, 9.17) is 10.2 Å². The molecule has 96 valence electrons. The molecule has 0 radical (unpaired) electrons. The summed E-state index contributed by atoms with van der Waals surface area (Å²) in [7, 11) is 0. The lowest BCUT2D eigenvalue weighted by molar-refractivity contribution is 0.517. The van der Waals surface area contributed by atoms with Gasteiger partial charge < -0.3 is 10.2 Å². The Balaban J connectivity index is 2.28. The number of nitrogens with two attached hydrogens (primary N) is 1. The molecule has 2 aromatic rings. The molecule has 0 saturated heterocycles. The smallest absolute Gasteiger partial charge is 0.195 e. The number of halogens is 1. The van der Waals surface area contributed by atoms with Gasteiger partial charge in [0.1, 0.15) is 11.3 Å². The van der Waals surface area contributed by atoms with Gasteiger partial charge in [-0.25, -0.2) is 9.37 Å². The molecule has 0 bridgehead atoms. The summed E-state index contributed by atoms with van der Waals surface area (Å²) in [6.45, 7) is 2.04. The molecule has 0 saturated carbocycles. The van der Waals surface area contributed by atoms with Gasteiger partial charge in [0.05, 0.1) is 0 Å². The van der Waals surface area contributed by atoms with Crippen LogP contribution in [0.1, 0.15) is 31.2 Å². The summed E-state index contributed by atoms with van der Waals surface area (Å²) in [5.74, 6) is 0.396. The highest BCUT2D eigenvalue weighted by molar-refractivity contribution is 5.76. The Morgan fingerprint density at radius 1 is 1.50 bits per heavy atom. The van der Waals surface area contributed by atoms with E-state index in [1.165, 1.54) is 6.08 Å². The van der Waals surface area contributed by atoms with Crippen LogP contribution in [0.15, 0.2) is 28.4 Å². The molecule has 0 amide bonds. The van der Waals surface area contributed by atoms with Crippen LogP contribution >= 0.6 is 0 Å². The van der Waals surface area contributed by atoms with Crippen LogP contribution in [0.5, 0.6) is 0 Å². The van der Waals surface area contributed by atoms with E-state index in [-0.39, 0.29) is 12.4 Å². The number of fused-ring (bicyclic) bond motifs is 1. The monoisotopic (exact) mass is 248 g/mol. The number of nitrogens with zero attached hydrogens (tertiary/aromatic N) is 1. The van der Waals surface area contributed by atoms with Crippen LogP contribution in [-0.2, 0) is 6.42 Å². The summed E-state index contributed by atoms with van der Waals surface area (Å²) in [6, 6.07) is 5.43. The number of hydrogen-bond donors (Lipinski definition) is 1. The third-order valence-corrected chi connectivity index (χ3v) is 2.72. The Labute approximate surface area is 105 Å². The highest BCUT2D eigenvalue weighted by atomic mass is 19.1. The Kier molecular flexibility index (Phi) is 4.10. The van der Waals surface area contributed by atoms with Crippen molar-refractivity contribution in [2.45, 2.75) is 26.2 Å². The summed E-state index contributed by atoms with van der Waals surface area (Å²) in [5.41, 5.74) is 7.46. The second kappa shape index (κ2) is 5.78.